The number of hydrogen-bond acceptors (Lipinski definition) is 4. The van der Waals surface area contributed by atoms with Crippen LogP contribution >= 0.6 is 11.8 Å². The number of fused-ring (bicyclic) bond motifs is 1. The van der Waals surface area contributed by atoms with Gasteiger partial charge in [-0.25, -0.2) is 4.99 Å². The maximum absolute atomic E-state index is 11.9. The van der Waals surface area contributed by atoms with Gasteiger partial charge in [0.1, 0.15) is 23.1 Å². The summed E-state index contributed by atoms with van der Waals surface area (Å²) in [5.74, 6) is 1.13. The van der Waals surface area contributed by atoms with Gasteiger partial charge in [-0.3, -0.25) is 4.79 Å². The smallest absolute Gasteiger partial charge is 0.230 e. The van der Waals surface area contributed by atoms with Crippen molar-refractivity contribution >= 4 is 28.4 Å². The van der Waals surface area contributed by atoms with Crippen LogP contribution < -0.4 is 10.1 Å². The number of aryl methyl sites for hydroxylation is 1. The lowest BCUT2D eigenvalue weighted by molar-refractivity contribution is -0.118. The number of ether oxygens (including phenoxy) is 1. The molecule has 2 aromatic carbocycles. The van der Waals surface area contributed by atoms with E-state index in [4.69, 9.17) is 4.74 Å². The molecule has 0 fully saturated rings. The van der Waals surface area contributed by atoms with E-state index in [1.165, 1.54) is 17.3 Å². The average molecular weight is 326 g/mol. The number of aliphatic imine (C=N–C) groups is 1. The Morgan fingerprint density at radius 1 is 1.22 bits per heavy atom. The summed E-state index contributed by atoms with van der Waals surface area (Å²) in [6.45, 7) is 3.02. The molecule has 5 heteroatoms. The maximum Gasteiger partial charge on any atom is 0.230 e. The molecule has 0 radical (unpaired) electrons. The number of benzene rings is 2. The Morgan fingerprint density at radius 2 is 2.00 bits per heavy atom. The largest absolute Gasteiger partial charge is 0.484 e. The summed E-state index contributed by atoms with van der Waals surface area (Å²) in [4.78, 5) is 16.5. The molecule has 1 aliphatic rings. The zero-order valence-electron chi connectivity index (χ0n) is 12.9. The lowest BCUT2D eigenvalue weighted by atomic mass is 10.1. The van der Waals surface area contributed by atoms with Crippen molar-refractivity contribution in [3.63, 3.8) is 0 Å². The van der Waals surface area contributed by atoms with E-state index in [1.807, 2.05) is 55.5 Å². The summed E-state index contributed by atoms with van der Waals surface area (Å²) < 4.78 is 5.63. The molecule has 118 valence electrons. The van der Waals surface area contributed by atoms with E-state index in [9.17, 15) is 4.79 Å². The number of carbonyl (C=O) groups is 1. The number of nitrogens with one attached hydrogen (secondary N) is 1. The third-order valence-corrected chi connectivity index (χ3v) is 4.39. The topological polar surface area (TPSA) is 50.7 Å². The first-order chi connectivity index (χ1) is 11.2. The van der Waals surface area contributed by atoms with Crippen LogP contribution in [0.1, 0.15) is 11.1 Å². The fraction of sp³-hybridized carbons (Fsp3) is 0.222. The molecular weight excluding hydrogens is 308 g/mol. The van der Waals surface area contributed by atoms with Gasteiger partial charge in [-0.15, -0.1) is 0 Å². The lowest BCUT2D eigenvalue weighted by Gasteiger charge is -2.16. The third-order valence-electron chi connectivity index (χ3n) is 3.44. The Labute approximate surface area is 140 Å². The highest BCUT2D eigenvalue weighted by molar-refractivity contribution is 8.14. The molecule has 2 aromatic rings. The molecule has 0 bridgehead atoms. The second-order valence-corrected chi connectivity index (χ2v) is 6.36. The van der Waals surface area contributed by atoms with E-state index < -0.39 is 0 Å². The van der Waals surface area contributed by atoms with Crippen LogP contribution in [0.15, 0.2) is 53.5 Å². The van der Waals surface area contributed by atoms with Crippen molar-refractivity contribution in [1.29, 1.82) is 0 Å². The molecule has 0 spiro atoms. The van der Waals surface area contributed by atoms with Crippen molar-refractivity contribution in [2.24, 2.45) is 4.99 Å². The van der Waals surface area contributed by atoms with Crippen molar-refractivity contribution in [3.8, 4) is 5.75 Å². The standard InChI is InChI=1S/C18H18N2O2S/c1-13-6-8-14(9-7-13)10-19-17(21)12-23-18-11-22-16-5-3-2-4-15(16)20-18/h2-9H,10-12H2,1H3,(H,19,21). The Morgan fingerprint density at radius 3 is 2.83 bits per heavy atom. The Bertz CT molecular complexity index is 726. The number of hydrogen-bond donors (Lipinski definition) is 1. The zero-order chi connectivity index (χ0) is 16.1. The third kappa shape index (κ3) is 4.36. The molecule has 0 atom stereocenters. The van der Waals surface area contributed by atoms with Gasteiger partial charge in [-0.05, 0) is 24.6 Å². The van der Waals surface area contributed by atoms with E-state index in [-0.39, 0.29) is 5.91 Å². The van der Waals surface area contributed by atoms with Crippen molar-refractivity contribution in [2.75, 3.05) is 12.4 Å². The predicted octanol–water partition coefficient (Wildman–Crippen LogP) is 3.47. The van der Waals surface area contributed by atoms with Crippen molar-refractivity contribution in [1.82, 2.24) is 5.32 Å². The summed E-state index contributed by atoms with van der Waals surface area (Å²) >= 11 is 1.42. The van der Waals surface area contributed by atoms with Gasteiger partial charge in [0.05, 0.1) is 5.75 Å². The maximum atomic E-state index is 11.9. The number of para-hydroxylation sites is 2. The number of amides is 1. The van der Waals surface area contributed by atoms with Crippen LogP contribution in [-0.2, 0) is 11.3 Å². The Balaban J connectivity index is 1.48. The van der Waals surface area contributed by atoms with E-state index in [1.54, 1.807) is 0 Å². The van der Waals surface area contributed by atoms with Crippen LogP contribution in [0.5, 0.6) is 5.75 Å². The summed E-state index contributed by atoms with van der Waals surface area (Å²) in [6, 6.07) is 15.8. The van der Waals surface area contributed by atoms with Gasteiger partial charge >= 0.3 is 0 Å². The molecule has 0 unspecified atom stereocenters. The van der Waals surface area contributed by atoms with Crippen molar-refractivity contribution in [2.45, 2.75) is 13.5 Å². The fourth-order valence-corrected chi connectivity index (χ4v) is 2.86. The Kier molecular flexibility index (Phi) is 4.98. The zero-order valence-corrected chi connectivity index (χ0v) is 13.7. The minimum Gasteiger partial charge on any atom is -0.484 e. The van der Waals surface area contributed by atoms with E-state index in [0.717, 1.165) is 22.0 Å². The highest BCUT2D eigenvalue weighted by Gasteiger charge is 2.14. The molecule has 0 saturated carbocycles. The van der Waals surface area contributed by atoms with Crippen LogP contribution in [0.25, 0.3) is 0 Å². The van der Waals surface area contributed by atoms with Crippen molar-refractivity contribution in [3.05, 3.63) is 59.7 Å². The predicted molar refractivity (Wildman–Crippen MR) is 94.5 cm³/mol. The van der Waals surface area contributed by atoms with E-state index >= 15 is 0 Å². The molecule has 0 aliphatic carbocycles. The molecule has 3 rings (SSSR count). The minimum atomic E-state index is -0.00265. The second kappa shape index (κ2) is 7.33. The number of rotatable bonds is 4. The fourth-order valence-electron chi connectivity index (χ4n) is 2.16. The van der Waals surface area contributed by atoms with Crippen LogP contribution in [0, 0.1) is 6.92 Å². The lowest BCUT2D eigenvalue weighted by Crippen LogP contribution is -2.26. The summed E-state index contributed by atoms with van der Waals surface area (Å²) in [5.41, 5.74) is 3.13. The number of nitrogens with zero attached hydrogens (tertiary/aromatic N) is 1. The van der Waals surface area contributed by atoms with E-state index in [0.29, 0.717) is 18.9 Å². The van der Waals surface area contributed by atoms with Gasteiger partial charge in [-0.1, -0.05) is 53.7 Å². The monoisotopic (exact) mass is 326 g/mol. The number of thioether (sulfide) groups is 1. The average Bonchev–Trinajstić information content (AvgIpc) is 2.59. The highest BCUT2D eigenvalue weighted by atomic mass is 32.2. The second-order valence-electron chi connectivity index (χ2n) is 5.31. The number of carbonyl (C=O) groups excluding carboxylic acids is 1. The molecule has 0 aromatic heterocycles. The summed E-state index contributed by atoms with van der Waals surface area (Å²) in [7, 11) is 0. The van der Waals surface area contributed by atoms with E-state index in [2.05, 4.69) is 10.3 Å². The van der Waals surface area contributed by atoms with Crippen molar-refractivity contribution < 1.29 is 9.53 Å². The molecule has 4 nitrogen and oxygen atoms in total. The van der Waals surface area contributed by atoms with Crippen LogP contribution in [-0.4, -0.2) is 23.3 Å². The van der Waals surface area contributed by atoms with Crippen LogP contribution in [0.3, 0.4) is 0 Å². The van der Waals surface area contributed by atoms with Gasteiger partial charge < -0.3 is 10.1 Å². The summed E-state index contributed by atoms with van der Waals surface area (Å²) in [5, 5.41) is 3.75. The minimum absolute atomic E-state index is 0.00265. The normalized spacial score (nSPS) is 12.8. The highest BCUT2D eigenvalue weighted by Crippen LogP contribution is 2.31. The first-order valence-corrected chi connectivity index (χ1v) is 8.44. The first kappa shape index (κ1) is 15.6. The molecular formula is C18H18N2O2S. The molecule has 1 aliphatic heterocycles. The SMILES string of the molecule is Cc1ccc(CNC(=O)CSC2=Nc3ccccc3OC2)cc1. The molecule has 1 heterocycles. The van der Waals surface area contributed by atoms with Gasteiger partial charge in [0.2, 0.25) is 5.91 Å². The van der Waals surface area contributed by atoms with Crippen LogP contribution in [0.2, 0.25) is 0 Å². The van der Waals surface area contributed by atoms with Gasteiger partial charge in [0.25, 0.3) is 0 Å². The van der Waals surface area contributed by atoms with Crippen LogP contribution in [0.4, 0.5) is 5.69 Å². The van der Waals surface area contributed by atoms with Gasteiger partial charge in [0, 0.05) is 6.54 Å². The molecule has 1 amide bonds. The summed E-state index contributed by atoms with van der Waals surface area (Å²) in [6.07, 6.45) is 0. The van der Waals surface area contributed by atoms with Gasteiger partial charge in [0.15, 0.2) is 0 Å². The van der Waals surface area contributed by atoms with Gasteiger partial charge in [-0.2, -0.15) is 0 Å². The molecule has 0 saturated heterocycles. The Hall–Kier alpha value is -2.27. The quantitative estimate of drug-likeness (QED) is 0.936. The molecule has 1 N–H and O–H groups in total. The first-order valence-electron chi connectivity index (χ1n) is 7.45. The molecule has 23 heavy (non-hydrogen) atoms.